The Kier molecular flexibility index (Phi) is 5.20. The van der Waals surface area contributed by atoms with Crippen LogP contribution in [0.4, 0.5) is 0 Å². The molecule has 0 heterocycles. The molecule has 0 unspecified atom stereocenters. The molecule has 2 N–H and O–H groups in total. The molecule has 2 rings (SSSR count). The first-order valence-electron chi connectivity index (χ1n) is 6.89. The topological polar surface area (TPSA) is 61.5 Å². The van der Waals surface area contributed by atoms with Gasteiger partial charge in [0.2, 0.25) is 5.91 Å². The lowest BCUT2D eigenvalue weighted by molar-refractivity contribution is -0.117. The maximum atomic E-state index is 10.9. The highest BCUT2D eigenvalue weighted by Gasteiger charge is 2.00. The van der Waals surface area contributed by atoms with E-state index in [1.165, 1.54) is 0 Å². The minimum absolute atomic E-state index is 0.261. The van der Waals surface area contributed by atoms with Crippen molar-refractivity contribution < 1.29 is 14.3 Å². The van der Waals surface area contributed by atoms with E-state index in [-0.39, 0.29) is 12.3 Å². The number of nitrogens with two attached hydrogens (primary N) is 1. The Morgan fingerprint density at radius 1 is 0.955 bits per heavy atom. The first-order chi connectivity index (χ1) is 10.6. The van der Waals surface area contributed by atoms with Crippen LogP contribution in [0.3, 0.4) is 0 Å². The second-order valence-corrected chi connectivity index (χ2v) is 4.86. The van der Waals surface area contributed by atoms with Gasteiger partial charge in [0.25, 0.3) is 0 Å². The highest BCUT2D eigenvalue weighted by molar-refractivity contribution is 5.77. The van der Waals surface area contributed by atoms with Crippen LogP contribution in [0.25, 0.3) is 12.2 Å². The molecule has 114 valence electrons. The first kappa shape index (κ1) is 15.6. The summed E-state index contributed by atoms with van der Waals surface area (Å²) in [4.78, 5) is 10.9. The van der Waals surface area contributed by atoms with Gasteiger partial charge in [0.1, 0.15) is 11.5 Å². The van der Waals surface area contributed by atoms with Crippen LogP contribution in [0.15, 0.2) is 42.5 Å². The Morgan fingerprint density at radius 2 is 1.50 bits per heavy atom. The maximum Gasteiger partial charge on any atom is 0.221 e. The third-order valence-corrected chi connectivity index (χ3v) is 3.20. The van der Waals surface area contributed by atoms with Gasteiger partial charge in [-0.2, -0.15) is 0 Å². The average molecular weight is 297 g/mol. The summed E-state index contributed by atoms with van der Waals surface area (Å²) in [6, 6.07) is 13.4. The molecule has 0 spiro atoms. The zero-order valence-corrected chi connectivity index (χ0v) is 12.7. The molecule has 0 bridgehead atoms. The number of methoxy groups -OCH3 is 2. The predicted molar refractivity (Wildman–Crippen MR) is 87.8 cm³/mol. The number of benzene rings is 2. The third-order valence-electron chi connectivity index (χ3n) is 3.20. The van der Waals surface area contributed by atoms with Gasteiger partial charge in [-0.15, -0.1) is 0 Å². The van der Waals surface area contributed by atoms with Gasteiger partial charge in [-0.3, -0.25) is 4.79 Å². The normalized spacial score (nSPS) is 10.6. The summed E-state index contributed by atoms with van der Waals surface area (Å²) in [5, 5.41) is 0. The van der Waals surface area contributed by atoms with E-state index in [2.05, 4.69) is 0 Å². The average Bonchev–Trinajstić information content (AvgIpc) is 2.53. The van der Waals surface area contributed by atoms with Crippen molar-refractivity contribution >= 4 is 18.1 Å². The van der Waals surface area contributed by atoms with E-state index in [4.69, 9.17) is 15.2 Å². The van der Waals surface area contributed by atoms with Crippen LogP contribution in [0.5, 0.6) is 11.5 Å². The van der Waals surface area contributed by atoms with Crippen molar-refractivity contribution in [2.45, 2.75) is 6.42 Å². The molecule has 0 aromatic heterocycles. The van der Waals surface area contributed by atoms with Crippen LogP contribution in [0.1, 0.15) is 16.7 Å². The van der Waals surface area contributed by atoms with Crippen molar-refractivity contribution in [1.29, 1.82) is 0 Å². The second-order valence-electron chi connectivity index (χ2n) is 4.86. The predicted octanol–water partition coefficient (Wildman–Crippen LogP) is 2.90. The Bertz CT molecular complexity index is 653. The molecule has 0 aliphatic carbocycles. The van der Waals surface area contributed by atoms with Crippen molar-refractivity contribution in [3.63, 3.8) is 0 Å². The largest absolute Gasteiger partial charge is 0.497 e. The molecule has 22 heavy (non-hydrogen) atoms. The van der Waals surface area contributed by atoms with Gasteiger partial charge in [0.15, 0.2) is 0 Å². The van der Waals surface area contributed by atoms with E-state index in [1.54, 1.807) is 14.2 Å². The summed E-state index contributed by atoms with van der Waals surface area (Å²) >= 11 is 0. The molecule has 4 heteroatoms. The van der Waals surface area contributed by atoms with Gasteiger partial charge in [-0.1, -0.05) is 36.4 Å². The van der Waals surface area contributed by atoms with Crippen LogP contribution in [0, 0.1) is 0 Å². The van der Waals surface area contributed by atoms with E-state index in [1.807, 2.05) is 54.6 Å². The fourth-order valence-electron chi connectivity index (χ4n) is 2.07. The molecule has 0 aliphatic heterocycles. The molecule has 0 radical (unpaired) electrons. The fraction of sp³-hybridized carbons (Fsp3) is 0.167. The summed E-state index contributed by atoms with van der Waals surface area (Å²) in [6.45, 7) is 0. The number of hydrogen-bond acceptors (Lipinski definition) is 3. The van der Waals surface area contributed by atoms with Crippen LogP contribution in [0.2, 0.25) is 0 Å². The molecule has 4 nitrogen and oxygen atoms in total. The molecule has 2 aromatic carbocycles. The Morgan fingerprint density at radius 3 is 2.00 bits per heavy atom. The minimum Gasteiger partial charge on any atom is -0.497 e. The molecule has 1 amide bonds. The van der Waals surface area contributed by atoms with Crippen molar-refractivity contribution in [2.24, 2.45) is 5.73 Å². The maximum absolute atomic E-state index is 10.9. The molecule has 0 fully saturated rings. The number of hydrogen-bond donors (Lipinski definition) is 1. The standard InChI is InChI=1S/C18H19NO3/c1-21-16-9-15(10-17(12-16)22-2)8-5-13-3-6-14(7-4-13)11-18(19)20/h3-10,12H,11H2,1-2H3,(H2,19,20). The summed E-state index contributed by atoms with van der Waals surface area (Å²) in [5.41, 5.74) is 8.11. The highest BCUT2D eigenvalue weighted by Crippen LogP contribution is 2.23. The van der Waals surface area contributed by atoms with Gasteiger partial charge in [-0.25, -0.2) is 0 Å². The fourth-order valence-corrected chi connectivity index (χ4v) is 2.07. The molecular weight excluding hydrogens is 278 g/mol. The Balaban J connectivity index is 2.15. The first-order valence-corrected chi connectivity index (χ1v) is 6.89. The highest BCUT2D eigenvalue weighted by atomic mass is 16.5. The van der Waals surface area contributed by atoms with Crippen molar-refractivity contribution in [3.05, 3.63) is 59.2 Å². The molecule has 0 atom stereocenters. The molecule has 0 aliphatic rings. The van der Waals surface area contributed by atoms with Gasteiger partial charge < -0.3 is 15.2 Å². The Hall–Kier alpha value is -2.75. The van der Waals surface area contributed by atoms with Gasteiger partial charge in [0.05, 0.1) is 20.6 Å². The zero-order valence-electron chi connectivity index (χ0n) is 12.7. The Labute approximate surface area is 130 Å². The van der Waals surface area contributed by atoms with Crippen molar-refractivity contribution in [3.8, 4) is 11.5 Å². The van der Waals surface area contributed by atoms with Crippen molar-refractivity contribution in [1.82, 2.24) is 0 Å². The van der Waals surface area contributed by atoms with Crippen LogP contribution < -0.4 is 15.2 Å². The zero-order chi connectivity index (χ0) is 15.9. The van der Waals surface area contributed by atoms with Crippen LogP contribution >= 0.6 is 0 Å². The van der Waals surface area contributed by atoms with E-state index in [0.717, 1.165) is 28.2 Å². The van der Waals surface area contributed by atoms with E-state index in [9.17, 15) is 4.79 Å². The molecule has 0 saturated carbocycles. The van der Waals surface area contributed by atoms with E-state index in [0.29, 0.717) is 0 Å². The van der Waals surface area contributed by atoms with Crippen LogP contribution in [-0.4, -0.2) is 20.1 Å². The molecule has 2 aromatic rings. The van der Waals surface area contributed by atoms with Crippen molar-refractivity contribution in [2.75, 3.05) is 14.2 Å². The second kappa shape index (κ2) is 7.31. The third kappa shape index (κ3) is 4.38. The van der Waals surface area contributed by atoms with E-state index >= 15 is 0 Å². The summed E-state index contributed by atoms with van der Waals surface area (Å²) < 4.78 is 10.5. The van der Waals surface area contributed by atoms with E-state index < -0.39 is 0 Å². The number of carbonyl (C=O) groups is 1. The lowest BCUT2D eigenvalue weighted by atomic mass is 10.1. The molecular formula is C18H19NO3. The summed E-state index contributed by atoms with van der Waals surface area (Å²) in [6.07, 6.45) is 4.23. The number of ether oxygens (including phenoxy) is 2. The SMILES string of the molecule is COc1cc(C=Cc2ccc(CC(N)=O)cc2)cc(OC)c1. The smallest absolute Gasteiger partial charge is 0.221 e. The number of carbonyl (C=O) groups excluding carboxylic acids is 1. The lowest BCUT2D eigenvalue weighted by Crippen LogP contribution is -2.13. The summed E-state index contributed by atoms with van der Waals surface area (Å²) in [7, 11) is 3.25. The lowest BCUT2D eigenvalue weighted by Gasteiger charge is -2.05. The monoisotopic (exact) mass is 297 g/mol. The van der Waals surface area contributed by atoms with Gasteiger partial charge in [0, 0.05) is 6.07 Å². The minimum atomic E-state index is -0.327. The number of amides is 1. The number of rotatable bonds is 6. The van der Waals surface area contributed by atoms with Crippen LogP contribution in [-0.2, 0) is 11.2 Å². The number of primary amides is 1. The molecule has 0 saturated heterocycles. The quantitative estimate of drug-likeness (QED) is 0.834. The van der Waals surface area contributed by atoms with Gasteiger partial charge >= 0.3 is 0 Å². The summed E-state index contributed by atoms with van der Waals surface area (Å²) in [5.74, 6) is 1.17. The van der Waals surface area contributed by atoms with Gasteiger partial charge in [-0.05, 0) is 28.8 Å².